The van der Waals surface area contributed by atoms with Crippen LogP contribution in [0.1, 0.15) is 10.6 Å². The van der Waals surface area contributed by atoms with Crippen molar-refractivity contribution < 1.29 is 13.6 Å². The van der Waals surface area contributed by atoms with Crippen LogP contribution in [0.5, 0.6) is 0 Å². The summed E-state index contributed by atoms with van der Waals surface area (Å²) in [6, 6.07) is 8.33. The third-order valence-electron chi connectivity index (χ3n) is 3.33. The molecule has 0 aliphatic carbocycles. The molecule has 0 saturated carbocycles. The second-order valence-corrected chi connectivity index (χ2v) is 5.81. The highest BCUT2D eigenvalue weighted by molar-refractivity contribution is 7.99. The minimum Gasteiger partial charge on any atom is -0.453 e. The lowest BCUT2D eigenvalue weighted by molar-refractivity contribution is 0.110. The molecule has 1 aliphatic rings. The van der Waals surface area contributed by atoms with E-state index >= 15 is 0 Å². The Balaban J connectivity index is 1.88. The molecule has 0 bridgehead atoms. The predicted molar refractivity (Wildman–Crippen MR) is 79.0 cm³/mol. The topological polar surface area (TPSA) is 33.5 Å². The van der Waals surface area contributed by atoms with Gasteiger partial charge in [-0.05, 0) is 30.3 Å². The summed E-state index contributed by atoms with van der Waals surface area (Å²) >= 11 is 1.89. The van der Waals surface area contributed by atoms with Gasteiger partial charge < -0.3 is 9.32 Å². The van der Waals surface area contributed by atoms with Gasteiger partial charge in [0.15, 0.2) is 12.0 Å². The van der Waals surface area contributed by atoms with Gasteiger partial charge in [0.1, 0.15) is 11.6 Å². The maximum Gasteiger partial charge on any atom is 0.185 e. The largest absolute Gasteiger partial charge is 0.453 e. The lowest BCUT2D eigenvalue weighted by Gasteiger charge is -2.28. The normalized spacial score (nSPS) is 15.3. The van der Waals surface area contributed by atoms with Gasteiger partial charge in [-0.25, -0.2) is 4.39 Å². The molecule has 0 unspecified atom stereocenters. The summed E-state index contributed by atoms with van der Waals surface area (Å²) < 4.78 is 19.6. The standard InChI is InChI=1S/C15H14FNO2S/c16-13-9-11(15-4-2-12(10-18)19-15)1-3-14(13)17-5-7-20-8-6-17/h1-4,9-10H,5-8H2. The van der Waals surface area contributed by atoms with Gasteiger partial charge in [-0.1, -0.05) is 0 Å². The maximum atomic E-state index is 14.2. The zero-order valence-corrected chi connectivity index (χ0v) is 11.7. The number of furan rings is 1. The fourth-order valence-corrected chi connectivity index (χ4v) is 3.20. The molecule has 0 atom stereocenters. The Kier molecular flexibility index (Phi) is 3.78. The summed E-state index contributed by atoms with van der Waals surface area (Å²) in [6.45, 7) is 1.74. The first-order valence-corrected chi connectivity index (χ1v) is 7.61. The molecule has 1 aromatic carbocycles. The van der Waals surface area contributed by atoms with Crippen molar-refractivity contribution in [1.82, 2.24) is 0 Å². The summed E-state index contributed by atoms with van der Waals surface area (Å²) in [5.41, 5.74) is 1.28. The van der Waals surface area contributed by atoms with Crippen LogP contribution in [-0.2, 0) is 0 Å². The molecular weight excluding hydrogens is 277 g/mol. The zero-order valence-electron chi connectivity index (χ0n) is 10.8. The van der Waals surface area contributed by atoms with Gasteiger partial charge in [0.05, 0.1) is 5.69 Å². The zero-order chi connectivity index (χ0) is 13.9. The molecule has 104 valence electrons. The van der Waals surface area contributed by atoms with Crippen molar-refractivity contribution in [3.05, 3.63) is 41.9 Å². The molecule has 1 aliphatic heterocycles. The summed E-state index contributed by atoms with van der Waals surface area (Å²) in [7, 11) is 0. The molecule has 1 fully saturated rings. The predicted octanol–water partition coefficient (Wildman–Crippen LogP) is 3.45. The molecule has 5 heteroatoms. The van der Waals surface area contributed by atoms with Gasteiger partial charge in [0.25, 0.3) is 0 Å². The maximum absolute atomic E-state index is 14.2. The Morgan fingerprint density at radius 2 is 2.00 bits per heavy atom. The number of aldehydes is 1. The Hall–Kier alpha value is -1.75. The van der Waals surface area contributed by atoms with Crippen LogP contribution in [-0.4, -0.2) is 30.9 Å². The van der Waals surface area contributed by atoms with E-state index in [4.69, 9.17) is 4.42 Å². The summed E-state index contributed by atoms with van der Waals surface area (Å²) in [4.78, 5) is 12.7. The monoisotopic (exact) mass is 291 g/mol. The molecule has 0 N–H and O–H groups in total. The lowest BCUT2D eigenvalue weighted by atomic mass is 10.1. The number of anilines is 1. The first-order chi connectivity index (χ1) is 9.78. The molecule has 20 heavy (non-hydrogen) atoms. The Morgan fingerprint density at radius 3 is 2.65 bits per heavy atom. The SMILES string of the molecule is O=Cc1ccc(-c2ccc(N3CCSCC3)c(F)c2)o1. The Labute approximate surface area is 120 Å². The Morgan fingerprint density at radius 1 is 1.20 bits per heavy atom. The van der Waals surface area contributed by atoms with Gasteiger partial charge in [0.2, 0.25) is 0 Å². The third kappa shape index (κ3) is 2.58. The lowest BCUT2D eigenvalue weighted by Crippen LogP contribution is -2.33. The quantitative estimate of drug-likeness (QED) is 0.811. The van der Waals surface area contributed by atoms with E-state index in [1.807, 2.05) is 17.8 Å². The summed E-state index contributed by atoms with van der Waals surface area (Å²) in [5, 5.41) is 0. The highest BCUT2D eigenvalue weighted by atomic mass is 32.2. The second-order valence-electron chi connectivity index (χ2n) is 4.59. The number of halogens is 1. The van der Waals surface area contributed by atoms with Crippen molar-refractivity contribution in [2.45, 2.75) is 0 Å². The third-order valence-corrected chi connectivity index (χ3v) is 4.27. The van der Waals surface area contributed by atoms with Crippen molar-refractivity contribution in [3.63, 3.8) is 0 Å². The van der Waals surface area contributed by atoms with Crippen LogP contribution in [0.4, 0.5) is 10.1 Å². The highest BCUT2D eigenvalue weighted by Gasteiger charge is 2.16. The second kappa shape index (κ2) is 5.71. The molecule has 3 nitrogen and oxygen atoms in total. The van der Waals surface area contributed by atoms with E-state index in [1.165, 1.54) is 6.07 Å². The van der Waals surface area contributed by atoms with Gasteiger partial charge in [-0.3, -0.25) is 4.79 Å². The van der Waals surface area contributed by atoms with Crippen LogP contribution in [0.2, 0.25) is 0 Å². The van der Waals surface area contributed by atoms with Crippen LogP contribution in [0.15, 0.2) is 34.7 Å². The fraction of sp³-hybridized carbons (Fsp3) is 0.267. The van der Waals surface area contributed by atoms with Gasteiger partial charge >= 0.3 is 0 Å². The number of hydrogen-bond acceptors (Lipinski definition) is 4. The van der Waals surface area contributed by atoms with E-state index < -0.39 is 0 Å². The summed E-state index contributed by atoms with van der Waals surface area (Å²) in [6.07, 6.45) is 0.639. The molecular formula is C15H14FNO2S. The van der Waals surface area contributed by atoms with Crippen LogP contribution in [0, 0.1) is 5.82 Å². The van der Waals surface area contributed by atoms with Crippen molar-refractivity contribution >= 4 is 23.7 Å². The molecule has 0 spiro atoms. The number of thioether (sulfide) groups is 1. The first kappa shape index (κ1) is 13.2. The minimum absolute atomic E-state index is 0.248. The van der Waals surface area contributed by atoms with E-state index in [9.17, 15) is 9.18 Å². The Bertz CT molecular complexity index is 620. The fourth-order valence-electron chi connectivity index (χ4n) is 2.29. The number of nitrogens with zero attached hydrogens (tertiary/aromatic N) is 1. The number of rotatable bonds is 3. The number of hydrogen-bond donors (Lipinski definition) is 0. The van der Waals surface area contributed by atoms with Crippen LogP contribution in [0.3, 0.4) is 0 Å². The molecule has 1 aromatic heterocycles. The van der Waals surface area contributed by atoms with Gasteiger partial charge in [-0.15, -0.1) is 0 Å². The van der Waals surface area contributed by atoms with Crippen LogP contribution in [0.25, 0.3) is 11.3 Å². The molecule has 0 amide bonds. The minimum atomic E-state index is -0.251. The van der Waals surface area contributed by atoms with E-state index in [0.29, 0.717) is 23.3 Å². The average Bonchev–Trinajstić information content (AvgIpc) is 2.97. The number of carbonyl (C=O) groups excluding carboxylic acids is 1. The summed E-state index contributed by atoms with van der Waals surface area (Å²) in [5.74, 6) is 2.56. The van der Waals surface area contributed by atoms with Crippen LogP contribution >= 0.6 is 11.8 Å². The highest BCUT2D eigenvalue weighted by Crippen LogP contribution is 2.28. The van der Waals surface area contributed by atoms with E-state index in [1.54, 1.807) is 18.2 Å². The van der Waals surface area contributed by atoms with Crippen molar-refractivity contribution in [1.29, 1.82) is 0 Å². The van der Waals surface area contributed by atoms with E-state index in [2.05, 4.69) is 4.90 Å². The van der Waals surface area contributed by atoms with E-state index in [-0.39, 0.29) is 11.6 Å². The van der Waals surface area contributed by atoms with E-state index in [0.717, 1.165) is 24.6 Å². The molecule has 0 radical (unpaired) electrons. The smallest absolute Gasteiger partial charge is 0.185 e. The van der Waals surface area contributed by atoms with Crippen LogP contribution < -0.4 is 4.90 Å². The first-order valence-electron chi connectivity index (χ1n) is 6.45. The number of benzene rings is 1. The molecule has 2 heterocycles. The van der Waals surface area contributed by atoms with Crippen molar-refractivity contribution in [3.8, 4) is 11.3 Å². The average molecular weight is 291 g/mol. The van der Waals surface area contributed by atoms with Crippen molar-refractivity contribution in [2.75, 3.05) is 29.5 Å². The van der Waals surface area contributed by atoms with Crippen molar-refractivity contribution in [2.24, 2.45) is 0 Å². The van der Waals surface area contributed by atoms with Gasteiger partial charge in [-0.2, -0.15) is 11.8 Å². The molecule has 1 saturated heterocycles. The number of carbonyl (C=O) groups is 1. The van der Waals surface area contributed by atoms with Gasteiger partial charge in [0, 0.05) is 30.2 Å². The molecule has 2 aromatic rings. The molecule has 3 rings (SSSR count).